The molecule has 2 amide bonds. The van der Waals surface area contributed by atoms with Crippen LogP contribution in [0.25, 0.3) is 0 Å². The number of rotatable bonds is 11. The summed E-state index contributed by atoms with van der Waals surface area (Å²) in [4.78, 5) is 30.0. The van der Waals surface area contributed by atoms with Crippen LogP contribution in [0, 0.1) is 0 Å². The third-order valence-electron chi connectivity index (χ3n) is 4.63. The quantitative estimate of drug-likeness (QED) is 0.241. The number of aliphatic hydroxyl groups excluding tert-OH is 2. The molecule has 5 unspecified atom stereocenters. The summed E-state index contributed by atoms with van der Waals surface area (Å²) in [6.07, 6.45) is 2.07. The number of hydrogen-bond donors (Lipinski definition) is 6. The van der Waals surface area contributed by atoms with E-state index in [4.69, 9.17) is 15.2 Å². The maximum Gasteiger partial charge on any atom is 0.287 e. The zero-order valence-corrected chi connectivity index (χ0v) is 16.5. The van der Waals surface area contributed by atoms with Crippen LogP contribution in [0.3, 0.4) is 0 Å². The lowest BCUT2D eigenvalue weighted by Crippen LogP contribution is -2.65. The number of nitrogens with two attached hydrogens (primary N) is 1. The number of H-pyrrole nitrogens is 1. The highest BCUT2D eigenvalue weighted by molar-refractivity contribution is 5.90. The first-order valence-corrected chi connectivity index (χ1v) is 9.82. The lowest BCUT2D eigenvalue weighted by molar-refractivity contribution is -0.262. The van der Waals surface area contributed by atoms with Crippen molar-refractivity contribution in [3.63, 3.8) is 0 Å². The molecular formula is C18H31N5O6. The van der Waals surface area contributed by atoms with Crippen LogP contribution in [0.2, 0.25) is 0 Å². The number of imidazole rings is 1. The summed E-state index contributed by atoms with van der Waals surface area (Å²) in [6, 6.07) is -0.927. The van der Waals surface area contributed by atoms with Gasteiger partial charge in [0.1, 0.15) is 24.4 Å². The molecule has 2 heterocycles. The summed E-state index contributed by atoms with van der Waals surface area (Å²) in [5, 5.41) is 26.0. The Morgan fingerprint density at radius 3 is 2.69 bits per heavy atom. The molecule has 0 saturated carbocycles. The van der Waals surface area contributed by atoms with Crippen molar-refractivity contribution < 1.29 is 29.3 Å². The van der Waals surface area contributed by atoms with Gasteiger partial charge in [0, 0.05) is 32.5 Å². The fraction of sp³-hybridized carbons (Fsp3) is 0.722. The third kappa shape index (κ3) is 7.05. The normalized spacial score (nSPS) is 26.8. The van der Waals surface area contributed by atoms with Crippen molar-refractivity contribution in [2.24, 2.45) is 5.73 Å². The molecule has 1 fully saturated rings. The topological polar surface area (TPSA) is 172 Å². The maximum absolute atomic E-state index is 12.0. The summed E-state index contributed by atoms with van der Waals surface area (Å²) in [5.41, 5.74) is 5.47. The molecule has 0 bridgehead atoms. The summed E-state index contributed by atoms with van der Waals surface area (Å²) < 4.78 is 11.5. The Morgan fingerprint density at radius 1 is 1.28 bits per heavy atom. The second kappa shape index (κ2) is 11.8. The Balaban J connectivity index is 1.93. The molecule has 29 heavy (non-hydrogen) atoms. The van der Waals surface area contributed by atoms with Crippen molar-refractivity contribution in [2.75, 3.05) is 19.7 Å². The van der Waals surface area contributed by atoms with Crippen LogP contribution in [-0.2, 0) is 14.3 Å². The minimum atomic E-state index is -1.33. The molecule has 11 heteroatoms. The Labute approximate surface area is 169 Å². The van der Waals surface area contributed by atoms with Crippen LogP contribution in [0.15, 0.2) is 12.4 Å². The van der Waals surface area contributed by atoms with E-state index in [-0.39, 0.29) is 18.3 Å². The number of hydrogen-bond acceptors (Lipinski definition) is 8. The molecule has 0 aliphatic carbocycles. The summed E-state index contributed by atoms with van der Waals surface area (Å²) in [7, 11) is 0. The number of aliphatic hydroxyl groups is 2. The standard InChI is InChI=1S/C18H31N5O6/c1-11(24)23-13-15(26)14(25)12(10-22-17(27)16-20-7-8-21-16)29-18(13)28-9-5-3-2-4-6-19/h7-8,12-15,18,25-26H,2-6,9-10,19H2,1H3,(H,20,21)(H,22,27)(H,23,24). The van der Waals surface area contributed by atoms with Crippen molar-refractivity contribution in [2.45, 2.75) is 63.3 Å². The van der Waals surface area contributed by atoms with Crippen LogP contribution in [-0.4, -0.2) is 82.3 Å². The van der Waals surface area contributed by atoms with E-state index in [1.165, 1.54) is 19.3 Å². The molecular weight excluding hydrogens is 382 g/mol. The first-order valence-electron chi connectivity index (χ1n) is 9.82. The van der Waals surface area contributed by atoms with Crippen LogP contribution in [0.4, 0.5) is 0 Å². The number of carbonyl (C=O) groups is 2. The van der Waals surface area contributed by atoms with Gasteiger partial charge in [-0.2, -0.15) is 0 Å². The highest BCUT2D eigenvalue weighted by Crippen LogP contribution is 2.22. The maximum atomic E-state index is 12.0. The molecule has 0 radical (unpaired) electrons. The molecule has 0 aromatic carbocycles. The average Bonchev–Trinajstić information content (AvgIpc) is 3.23. The molecule has 1 aromatic rings. The number of aromatic nitrogens is 2. The van der Waals surface area contributed by atoms with Crippen molar-refractivity contribution in [3.8, 4) is 0 Å². The Morgan fingerprint density at radius 2 is 2.03 bits per heavy atom. The van der Waals surface area contributed by atoms with Gasteiger partial charge >= 0.3 is 0 Å². The number of nitrogens with one attached hydrogen (secondary N) is 3. The highest BCUT2D eigenvalue weighted by atomic mass is 16.7. The molecule has 5 atom stereocenters. The van der Waals surface area contributed by atoms with Crippen molar-refractivity contribution in [1.82, 2.24) is 20.6 Å². The zero-order valence-electron chi connectivity index (χ0n) is 16.5. The first kappa shape index (κ1) is 23.2. The Hall–Kier alpha value is -2.05. The molecule has 1 saturated heterocycles. The molecule has 1 aliphatic heterocycles. The summed E-state index contributed by atoms with van der Waals surface area (Å²) in [6.45, 7) is 2.24. The van der Waals surface area contributed by atoms with Crippen LogP contribution in [0.5, 0.6) is 0 Å². The lowest BCUT2D eigenvalue weighted by Gasteiger charge is -2.42. The number of aromatic amines is 1. The van der Waals surface area contributed by atoms with Gasteiger partial charge in [-0.25, -0.2) is 4.98 Å². The number of unbranched alkanes of at least 4 members (excludes halogenated alkanes) is 3. The number of amides is 2. The van der Waals surface area contributed by atoms with Gasteiger partial charge in [-0.05, 0) is 19.4 Å². The van der Waals surface area contributed by atoms with Gasteiger partial charge in [-0.15, -0.1) is 0 Å². The largest absolute Gasteiger partial charge is 0.388 e. The minimum absolute atomic E-state index is 0.0685. The summed E-state index contributed by atoms with van der Waals surface area (Å²) >= 11 is 0. The van der Waals surface area contributed by atoms with Gasteiger partial charge in [-0.1, -0.05) is 12.8 Å². The van der Waals surface area contributed by atoms with Gasteiger partial charge < -0.3 is 41.0 Å². The van der Waals surface area contributed by atoms with Crippen molar-refractivity contribution >= 4 is 11.8 Å². The fourth-order valence-electron chi connectivity index (χ4n) is 3.10. The molecule has 2 rings (SSSR count). The molecule has 7 N–H and O–H groups in total. The number of nitrogens with zero attached hydrogens (tertiary/aromatic N) is 1. The van der Waals surface area contributed by atoms with Crippen LogP contribution >= 0.6 is 0 Å². The fourth-order valence-corrected chi connectivity index (χ4v) is 3.10. The van der Waals surface area contributed by atoms with Gasteiger partial charge in [0.05, 0.1) is 0 Å². The van der Waals surface area contributed by atoms with E-state index in [1.807, 2.05) is 0 Å². The molecule has 0 spiro atoms. The first-order chi connectivity index (χ1) is 13.9. The molecule has 164 valence electrons. The van der Waals surface area contributed by atoms with E-state index < -0.39 is 36.6 Å². The number of carbonyl (C=O) groups excluding carboxylic acids is 2. The highest BCUT2D eigenvalue weighted by Gasteiger charge is 2.45. The molecule has 1 aliphatic rings. The molecule has 11 nitrogen and oxygen atoms in total. The second-order valence-electron chi connectivity index (χ2n) is 6.97. The Bertz CT molecular complexity index is 628. The summed E-state index contributed by atoms with van der Waals surface area (Å²) in [5.74, 6) is -0.732. The number of ether oxygens (including phenoxy) is 2. The molecule has 1 aromatic heterocycles. The van der Waals surface area contributed by atoms with E-state index >= 15 is 0 Å². The SMILES string of the molecule is CC(=O)NC1C(OCCCCCCN)OC(CNC(=O)c2ncc[nH]2)C(O)C1O. The predicted octanol–water partition coefficient (Wildman–Crippen LogP) is -1.37. The van der Waals surface area contributed by atoms with Gasteiger partial charge in [0.15, 0.2) is 12.1 Å². The van der Waals surface area contributed by atoms with E-state index in [2.05, 4.69) is 20.6 Å². The Kier molecular flexibility index (Phi) is 9.48. The average molecular weight is 413 g/mol. The predicted molar refractivity (Wildman–Crippen MR) is 103 cm³/mol. The van der Waals surface area contributed by atoms with E-state index in [0.29, 0.717) is 13.2 Å². The second-order valence-corrected chi connectivity index (χ2v) is 6.97. The van der Waals surface area contributed by atoms with Gasteiger partial charge in [-0.3, -0.25) is 9.59 Å². The van der Waals surface area contributed by atoms with E-state index in [9.17, 15) is 19.8 Å². The lowest BCUT2D eigenvalue weighted by atomic mass is 9.96. The van der Waals surface area contributed by atoms with Crippen molar-refractivity contribution in [3.05, 3.63) is 18.2 Å². The van der Waals surface area contributed by atoms with E-state index in [1.54, 1.807) is 0 Å². The van der Waals surface area contributed by atoms with E-state index in [0.717, 1.165) is 25.7 Å². The third-order valence-corrected chi connectivity index (χ3v) is 4.63. The van der Waals surface area contributed by atoms with Gasteiger partial charge in [0.25, 0.3) is 5.91 Å². The zero-order chi connectivity index (χ0) is 21.2. The van der Waals surface area contributed by atoms with Gasteiger partial charge in [0.2, 0.25) is 5.91 Å². The van der Waals surface area contributed by atoms with Crippen LogP contribution < -0.4 is 16.4 Å². The minimum Gasteiger partial charge on any atom is -0.388 e. The monoisotopic (exact) mass is 413 g/mol. The van der Waals surface area contributed by atoms with Crippen molar-refractivity contribution in [1.29, 1.82) is 0 Å². The smallest absolute Gasteiger partial charge is 0.287 e. The van der Waals surface area contributed by atoms with Crippen LogP contribution in [0.1, 0.15) is 43.2 Å².